The molecule has 1 fully saturated rings. The maximum atomic E-state index is 6.34. The van der Waals surface area contributed by atoms with Crippen molar-refractivity contribution in [3.8, 4) is 17.0 Å². The number of anilines is 1. The predicted molar refractivity (Wildman–Crippen MR) is 127 cm³/mol. The van der Waals surface area contributed by atoms with Crippen LogP contribution in [-0.2, 0) is 10.3 Å². The van der Waals surface area contributed by atoms with Crippen LogP contribution in [0.3, 0.4) is 0 Å². The Hall–Kier alpha value is -2.71. The van der Waals surface area contributed by atoms with E-state index in [1.165, 1.54) is 6.33 Å². The van der Waals surface area contributed by atoms with Gasteiger partial charge in [-0.2, -0.15) is 0 Å². The van der Waals surface area contributed by atoms with Crippen LogP contribution in [0, 0.1) is 0 Å². The maximum Gasteiger partial charge on any atom is 0.131 e. The van der Waals surface area contributed by atoms with E-state index in [2.05, 4.69) is 39.9 Å². The van der Waals surface area contributed by atoms with Crippen LogP contribution in [0.15, 0.2) is 29.7 Å². The van der Waals surface area contributed by atoms with Crippen LogP contribution in [0.25, 0.3) is 11.3 Å². The first-order chi connectivity index (χ1) is 15.3. The number of hydrogen-bond donors (Lipinski definition) is 2. The zero-order valence-corrected chi connectivity index (χ0v) is 19.5. The van der Waals surface area contributed by atoms with Crippen LogP contribution in [0.1, 0.15) is 50.7 Å². The number of benzene rings is 1. The molecule has 0 saturated heterocycles. The van der Waals surface area contributed by atoms with Crippen LogP contribution >= 0.6 is 0 Å². The number of rotatable bonds is 6. The lowest BCUT2D eigenvalue weighted by Crippen LogP contribution is -2.36. The van der Waals surface area contributed by atoms with Crippen molar-refractivity contribution in [2.45, 2.75) is 57.1 Å². The smallest absolute Gasteiger partial charge is 0.131 e. The average Bonchev–Trinajstić information content (AvgIpc) is 2.74. The molecule has 0 aliphatic heterocycles. The van der Waals surface area contributed by atoms with Gasteiger partial charge in [-0.05, 0) is 71.8 Å². The van der Waals surface area contributed by atoms with Gasteiger partial charge in [-0.25, -0.2) is 9.97 Å². The van der Waals surface area contributed by atoms with Crippen LogP contribution in [0.4, 0.5) is 5.82 Å². The minimum atomic E-state index is -0.526. The van der Waals surface area contributed by atoms with Gasteiger partial charge in [0.1, 0.15) is 24.5 Å². The van der Waals surface area contributed by atoms with E-state index in [1.54, 1.807) is 0 Å². The number of fused-ring (bicyclic) bond motifs is 3. The van der Waals surface area contributed by atoms with Gasteiger partial charge in [0.25, 0.3) is 0 Å². The van der Waals surface area contributed by atoms with Gasteiger partial charge >= 0.3 is 0 Å². The molecule has 8 heteroatoms. The minimum Gasteiger partial charge on any atom is -0.490 e. The molecule has 172 valence electrons. The highest BCUT2D eigenvalue weighted by atomic mass is 16.6. The Balaban J connectivity index is 1.72. The van der Waals surface area contributed by atoms with E-state index in [1.807, 2.05) is 26.2 Å². The number of nitrogens with two attached hydrogens (primary N) is 2. The summed E-state index contributed by atoms with van der Waals surface area (Å²) in [6.07, 6.45) is 5.65. The van der Waals surface area contributed by atoms with Crippen molar-refractivity contribution in [2.75, 3.05) is 33.0 Å². The van der Waals surface area contributed by atoms with Crippen molar-refractivity contribution < 1.29 is 9.57 Å². The second kappa shape index (κ2) is 9.03. The summed E-state index contributed by atoms with van der Waals surface area (Å²) in [5.41, 5.74) is 16.3. The predicted octanol–water partition coefficient (Wildman–Crippen LogP) is 2.95. The number of aromatic nitrogens is 2. The molecule has 8 nitrogen and oxygen atoms in total. The highest BCUT2D eigenvalue weighted by Crippen LogP contribution is 2.45. The van der Waals surface area contributed by atoms with E-state index < -0.39 is 5.41 Å². The summed E-state index contributed by atoms with van der Waals surface area (Å²) < 4.78 is 6.34. The monoisotopic (exact) mass is 438 g/mol. The molecule has 0 atom stereocenters. The average molecular weight is 439 g/mol. The molecule has 1 aromatic heterocycles. The third-order valence-electron chi connectivity index (χ3n) is 6.40. The van der Waals surface area contributed by atoms with E-state index in [0.717, 1.165) is 66.1 Å². The van der Waals surface area contributed by atoms with Gasteiger partial charge in [-0.3, -0.25) is 0 Å². The molecule has 2 aliphatic carbocycles. The summed E-state index contributed by atoms with van der Waals surface area (Å²) in [7, 11) is 4.01. The summed E-state index contributed by atoms with van der Waals surface area (Å²) in [4.78, 5) is 16.6. The molecule has 0 amide bonds. The van der Waals surface area contributed by atoms with Crippen molar-refractivity contribution in [3.05, 3.63) is 35.7 Å². The van der Waals surface area contributed by atoms with E-state index in [-0.39, 0.29) is 6.10 Å². The number of ether oxygens (including phenoxy) is 1. The molecule has 1 aromatic carbocycles. The zero-order chi connectivity index (χ0) is 22.9. The number of hydrogen-bond acceptors (Lipinski definition) is 8. The molecule has 0 unspecified atom stereocenters. The molecular formula is C24H34N6O2. The molecule has 2 aromatic rings. The first-order valence-corrected chi connectivity index (χ1v) is 11.3. The zero-order valence-electron chi connectivity index (χ0n) is 19.5. The van der Waals surface area contributed by atoms with Crippen LogP contribution < -0.4 is 16.2 Å². The molecule has 0 spiro atoms. The topological polar surface area (TPSA) is 112 Å². The second-order valence-corrected chi connectivity index (χ2v) is 9.55. The number of nitrogen functional groups attached to an aromatic ring is 1. The molecule has 1 saturated carbocycles. The van der Waals surface area contributed by atoms with E-state index in [0.29, 0.717) is 18.5 Å². The minimum absolute atomic E-state index is 0.187. The Morgan fingerprint density at radius 2 is 1.88 bits per heavy atom. The van der Waals surface area contributed by atoms with Gasteiger partial charge in [0.2, 0.25) is 0 Å². The Morgan fingerprint density at radius 1 is 1.12 bits per heavy atom. The SMILES string of the molecule is CN(C)CCO/N=C1\c2cc(OC3CCC(N)CC3)ccc2-c2ncnc(N)c2C1(C)C. The van der Waals surface area contributed by atoms with Crippen LogP contribution in [0.5, 0.6) is 5.75 Å². The molecule has 2 aliphatic rings. The maximum absolute atomic E-state index is 6.34. The number of nitrogens with zero attached hydrogens (tertiary/aromatic N) is 4. The molecular weight excluding hydrogens is 404 g/mol. The lowest BCUT2D eigenvalue weighted by Gasteiger charge is -2.35. The highest BCUT2D eigenvalue weighted by Gasteiger charge is 2.41. The van der Waals surface area contributed by atoms with Gasteiger partial charge in [0.15, 0.2) is 0 Å². The quantitative estimate of drug-likeness (QED) is 0.527. The van der Waals surface area contributed by atoms with E-state index in [9.17, 15) is 0 Å². The lowest BCUT2D eigenvalue weighted by molar-refractivity contribution is 0.124. The summed E-state index contributed by atoms with van der Waals surface area (Å²) in [5.74, 6) is 1.29. The Kier molecular flexibility index (Phi) is 6.35. The lowest BCUT2D eigenvalue weighted by atomic mass is 9.70. The van der Waals surface area contributed by atoms with Gasteiger partial charge in [0.05, 0.1) is 17.5 Å². The fourth-order valence-electron chi connectivity index (χ4n) is 4.57. The summed E-state index contributed by atoms with van der Waals surface area (Å²) in [6, 6.07) is 6.38. The number of likely N-dealkylation sites (N-methyl/N-ethyl adjacent to an activating group) is 1. The molecule has 0 radical (unpaired) electrons. The van der Waals surface area contributed by atoms with Gasteiger partial charge in [0, 0.05) is 34.7 Å². The number of oxime groups is 1. The van der Waals surface area contributed by atoms with Crippen LogP contribution in [-0.4, -0.2) is 60.0 Å². The van der Waals surface area contributed by atoms with E-state index in [4.69, 9.17) is 21.0 Å². The summed E-state index contributed by atoms with van der Waals surface area (Å²) in [5, 5.41) is 4.59. The van der Waals surface area contributed by atoms with Gasteiger partial charge in [-0.1, -0.05) is 5.16 Å². The third kappa shape index (κ3) is 4.42. The highest BCUT2D eigenvalue weighted by molar-refractivity contribution is 6.15. The molecule has 0 bridgehead atoms. The van der Waals surface area contributed by atoms with Crippen LogP contribution in [0.2, 0.25) is 0 Å². The van der Waals surface area contributed by atoms with Crippen molar-refractivity contribution in [1.29, 1.82) is 0 Å². The fraction of sp³-hybridized carbons (Fsp3) is 0.542. The molecule has 4 rings (SSSR count). The van der Waals surface area contributed by atoms with E-state index >= 15 is 0 Å². The second-order valence-electron chi connectivity index (χ2n) is 9.55. The van der Waals surface area contributed by atoms with Crippen molar-refractivity contribution in [1.82, 2.24) is 14.9 Å². The Bertz CT molecular complexity index is 996. The largest absolute Gasteiger partial charge is 0.490 e. The van der Waals surface area contributed by atoms with Gasteiger partial charge in [-0.15, -0.1) is 0 Å². The summed E-state index contributed by atoms with van der Waals surface area (Å²) >= 11 is 0. The van der Waals surface area contributed by atoms with Gasteiger partial charge < -0.3 is 25.9 Å². The summed E-state index contributed by atoms with van der Waals surface area (Å²) in [6.45, 7) is 5.43. The first-order valence-electron chi connectivity index (χ1n) is 11.3. The third-order valence-corrected chi connectivity index (χ3v) is 6.40. The fourth-order valence-corrected chi connectivity index (χ4v) is 4.57. The Labute approximate surface area is 190 Å². The van der Waals surface area contributed by atoms with Crippen molar-refractivity contribution in [3.63, 3.8) is 0 Å². The van der Waals surface area contributed by atoms with Crippen molar-refractivity contribution in [2.24, 2.45) is 10.9 Å². The normalized spacial score (nSPS) is 23.0. The van der Waals surface area contributed by atoms with Crippen molar-refractivity contribution >= 4 is 11.5 Å². The first kappa shape index (κ1) is 22.5. The molecule has 4 N–H and O–H groups in total. The molecule has 1 heterocycles. The Morgan fingerprint density at radius 3 is 2.59 bits per heavy atom. The molecule has 32 heavy (non-hydrogen) atoms. The standard InChI is InChI=1S/C24H34N6O2/c1-24(2)20-21(27-14-28-23(20)26)18-10-9-17(32-16-7-5-15(25)6-8-16)13-19(18)22(24)29-31-12-11-30(3)4/h9-10,13-16H,5-8,11-12,25H2,1-4H3,(H2,26,27,28)/b29-22+.